The van der Waals surface area contributed by atoms with Gasteiger partial charge in [-0.15, -0.1) is 0 Å². The second-order valence-corrected chi connectivity index (χ2v) is 9.84. The summed E-state index contributed by atoms with van der Waals surface area (Å²) >= 11 is 0. The van der Waals surface area contributed by atoms with E-state index in [0.29, 0.717) is 28.1 Å². The van der Waals surface area contributed by atoms with Crippen LogP contribution in [0.1, 0.15) is 43.4 Å². The first kappa shape index (κ1) is 24.5. The zero-order valence-corrected chi connectivity index (χ0v) is 20.9. The molecule has 0 unspecified atom stereocenters. The van der Waals surface area contributed by atoms with Crippen molar-refractivity contribution in [1.29, 1.82) is 0 Å². The van der Waals surface area contributed by atoms with Crippen LogP contribution in [0.3, 0.4) is 0 Å². The number of aromatic nitrogens is 1. The molecule has 0 spiro atoms. The summed E-state index contributed by atoms with van der Waals surface area (Å²) in [6.07, 6.45) is 3.74. The summed E-state index contributed by atoms with van der Waals surface area (Å²) < 4.78 is 7.92. The number of pyridine rings is 1. The van der Waals surface area contributed by atoms with Crippen LogP contribution in [-0.2, 0) is 17.4 Å². The van der Waals surface area contributed by atoms with E-state index in [2.05, 4.69) is 10.6 Å². The Labute approximate surface area is 205 Å². The number of hydrogen-bond donors (Lipinski definition) is 3. The lowest BCUT2D eigenvalue weighted by Gasteiger charge is -2.23. The number of rotatable bonds is 8. The number of nitrogens with one attached hydrogen (secondary N) is 2. The number of carbonyl (C=O) groups is 1. The molecule has 0 radical (unpaired) electrons. The van der Waals surface area contributed by atoms with E-state index < -0.39 is 5.60 Å². The van der Waals surface area contributed by atoms with Gasteiger partial charge >= 0.3 is 0 Å². The largest absolute Gasteiger partial charge is 0.456 e. The van der Waals surface area contributed by atoms with Gasteiger partial charge in [-0.3, -0.25) is 9.59 Å². The van der Waals surface area contributed by atoms with Crippen LogP contribution in [0.2, 0.25) is 0 Å². The molecule has 0 aliphatic heterocycles. The number of carbonyl (C=O) groups excluding carboxylic acids is 1. The summed E-state index contributed by atoms with van der Waals surface area (Å²) in [7, 11) is 1.68. The van der Waals surface area contributed by atoms with Gasteiger partial charge in [-0.1, -0.05) is 24.3 Å². The van der Waals surface area contributed by atoms with Crippen molar-refractivity contribution in [2.24, 2.45) is 7.05 Å². The Morgan fingerprint density at radius 2 is 1.80 bits per heavy atom. The molecule has 184 valence electrons. The first-order valence-corrected chi connectivity index (χ1v) is 11.9. The summed E-state index contributed by atoms with van der Waals surface area (Å²) in [4.78, 5) is 24.8. The summed E-state index contributed by atoms with van der Waals surface area (Å²) in [5.74, 6) is 1.23. The molecule has 0 atom stereocenters. The van der Waals surface area contributed by atoms with Crippen molar-refractivity contribution in [1.82, 2.24) is 9.88 Å². The third kappa shape index (κ3) is 5.74. The Hall–Kier alpha value is -3.58. The van der Waals surface area contributed by atoms with Crippen LogP contribution in [0, 0.1) is 13.8 Å². The standard InChI is InChI=1S/C28H33N3O4/c1-17-7-6-8-18(2)27(17)35-24-12-9-19(28(3,4)34)13-21(24)22-16-31(5)26(33)14-23(22)29-15-25(32)30-20-10-11-20/h6-9,12-14,16,20,29,34H,10-11,15H2,1-5H3,(H,30,32). The molecule has 35 heavy (non-hydrogen) atoms. The van der Waals surface area contributed by atoms with Gasteiger partial charge in [0.1, 0.15) is 11.5 Å². The van der Waals surface area contributed by atoms with E-state index in [9.17, 15) is 14.7 Å². The molecule has 0 saturated heterocycles. The molecular weight excluding hydrogens is 442 g/mol. The summed E-state index contributed by atoms with van der Waals surface area (Å²) in [5.41, 5.74) is 3.34. The van der Waals surface area contributed by atoms with E-state index in [1.165, 1.54) is 10.6 Å². The minimum Gasteiger partial charge on any atom is -0.456 e. The SMILES string of the molecule is Cc1cccc(C)c1Oc1ccc(C(C)(C)O)cc1-c1cn(C)c(=O)cc1NCC(=O)NC1CC1. The molecule has 3 aromatic rings. The molecule has 1 amide bonds. The van der Waals surface area contributed by atoms with Gasteiger partial charge in [0.05, 0.1) is 12.1 Å². The fourth-order valence-corrected chi connectivity index (χ4v) is 3.95. The van der Waals surface area contributed by atoms with Gasteiger partial charge in [0.25, 0.3) is 5.56 Å². The van der Waals surface area contributed by atoms with E-state index in [1.54, 1.807) is 27.1 Å². The molecule has 0 bridgehead atoms. The van der Waals surface area contributed by atoms with Gasteiger partial charge < -0.3 is 25.0 Å². The predicted octanol–water partition coefficient (Wildman–Crippen LogP) is 4.38. The van der Waals surface area contributed by atoms with Crippen LogP contribution in [0.15, 0.2) is 53.5 Å². The minimum absolute atomic E-state index is 0.0505. The third-order valence-corrected chi connectivity index (χ3v) is 6.21. The van der Waals surface area contributed by atoms with E-state index in [4.69, 9.17) is 4.74 Å². The number of aliphatic hydroxyl groups is 1. The smallest absolute Gasteiger partial charge is 0.252 e. The molecule has 4 rings (SSSR count). The van der Waals surface area contributed by atoms with Gasteiger partial charge in [0, 0.05) is 42.2 Å². The third-order valence-electron chi connectivity index (χ3n) is 6.21. The Kier molecular flexibility index (Phi) is 6.72. The van der Waals surface area contributed by atoms with Crippen LogP contribution in [0.4, 0.5) is 5.69 Å². The summed E-state index contributed by atoms with van der Waals surface area (Å²) in [6, 6.07) is 13.3. The lowest BCUT2D eigenvalue weighted by molar-refractivity contribution is -0.119. The van der Waals surface area contributed by atoms with Crippen molar-refractivity contribution in [2.45, 2.75) is 52.2 Å². The van der Waals surface area contributed by atoms with Gasteiger partial charge in [0.15, 0.2) is 0 Å². The van der Waals surface area contributed by atoms with Gasteiger partial charge in [-0.05, 0) is 69.4 Å². The number of para-hydroxylation sites is 1. The van der Waals surface area contributed by atoms with Gasteiger partial charge in [0.2, 0.25) is 5.91 Å². The molecule has 1 fully saturated rings. The van der Waals surface area contributed by atoms with Crippen LogP contribution < -0.4 is 20.9 Å². The quantitative estimate of drug-likeness (QED) is 0.450. The number of benzene rings is 2. The van der Waals surface area contributed by atoms with Crippen LogP contribution in [0.5, 0.6) is 11.5 Å². The van der Waals surface area contributed by atoms with Crippen molar-refractivity contribution < 1.29 is 14.6 Å². The van der Waals surface area contributed by atoms with Crippen molar-refractivity contribution in [3.8, 4) is 22.6 Å². The van der Waals surface area contributed by atoms with Gasteiger partial charge in [-0.2, -0.15) is 0 Å². The Balaban J connectivity index is 1.81. The average Bonchev–Trinajstić information content (AvgIpc) is 3.60. The van der Waals surface area contributed by atoms with Crippen LogP contribution in [0.25, 0.3) is 11.1 Å². The first-order chi connectivity index (χ1) is 16.5. The number of aryl methyl sites for hydroxylation is 3. The van der Waals surface area contributed by atoms with Crippen molar-refractivity contribution in [2.75, 3.05) is 11.9 Å². The molecule has 1 aromatic heterocycles. The van der Waals surface area contributed by atoms with Crippen LogP contribution >= 0.6 is 0 Å². The Morgan fingerprint density at radius 3 is 2.43 bits per heavy atom. The molecule has 1 aliphatic carbocycles. The fourth-order valence-electron chi connectivity index (χ4n) is 3.95. The normalized spacial score (nSPS) is 13.4. The number of ether oxygens (including phenoxy) is 1. The average molecular weight is 476 g/mol. The topological polar surface area (TPSA) is 92.6 Å². The molecule has 7 heteroatoms. The van der Waals surface area contributed by atoms with Gasteiger partial charge in [-0.25, -0.2) is 0 Å². The molecule has 1 aliphatic rings. The molecule has 7 nitrogen and oxygen atoms in total. The highest BCUT2D eigenvalue weighted by Crippen LogP contribution is 2.40. The van der Waals surface area contributed by atoms with E-state index in [1.807, 2.05) is 50.2 Å². The molecule has 1 saturated carbocycles. The highest BCUT2D eigenvalue weighted by molar-refractivity contribution is 5.86. The predicted molar refractivity (Wildman–Crippen MR) is 138 cm³/mol. The minimum atomic E-state index is -1.08. The Morgan fingerprint density at radius 1 is 1.11 bits per heavy atom. The van der Waals surface area contributed by atoms with Crippen molar-refractivity contribution >= 4 is 11.6 Å². The highest BCUT2D eigenvalue weighted by atomic mass is 16.5. The summed E-state index contributed by atoms with van der Waals surface area (Å²) in [5, 5.41) is 16.8. The van der Waals surface area contributed by atoms with Crippen molar-refractivity contribution in [3.63, 3.8) is 0 Å². The maximum atomic E-state index is 12.5. The number of amides is 1. The zero-order chi connectivity index (χ0) is 25.3. The Bertz CT molecular complexity index is 1300. The lowest BCUT2D eigenvalue weighted by atomic mass is 9.93. The van der Waals surface area contributed by atoms with Crippen molar-refractivity contribution in [3.05, 3.63) is 75.7 Å². The second kappa shape index (κ2) is 9.58. The molecule has 1 heterocycles. The van der Waals surface area contributed by atoms with E-state index in [0.717, 1.165) is 29.7 Å². The van der Waals surface area contributed by atoms with E-state index in [-0.39, 0.29) is 24.1 Å². The summed E-state index contributed by atoms with van der Waals surface area (Å²) in [6.45, 7) is 7.48. The highest BCUT2D eigenvalue weighted by Gasteiger charge is 2.24. The maximum absolute atomic E-state index is 12.5. The first-order valence-electron chi connectivity index (χ1n) is 11.9. The van der Waals surface area contributed by atoms with E-state index >= 15 is 0 Å². The second-order valence-electron chi connectivity index (χ2n) is 9.84. The molecular formula is C28H33N3O4. The maximum Gasteiger partial charge on any atom is 0.252 e. The number of hydrogen-bond acceptors (Lipinski definition) is 5. The fraction of sp³-hybridized carbons (Fsp3) is 0.357. The molecule has 3 N–H and O–H groups in total. The van der Waals surface area contributed by atoms with Crippen LogP contribution in [-0.4, -0.2) is 28.2 Å². The monoisotopic (exact) mass is 475 g/mol. The number of anilines is 1. The molecule has 2 aromatic carbocycles. The zero-order valence-electron chi connectivity index (χ0n) is 20.9. The lowest BCUT2D eigenvalue weighted by Crippen LogP contribution is -2.31. The number of nitrogens with zero attached hydrogens (tertiary/aromatic N) is 1.